The van der Waals surface area contributed by atoms with Gasteiger partial charge in [-0.1, -0.05) is 30.3 Å². The molecule has 34 heavy (non-hydrogen) atoms. The minimum Gasteiger partial charge on any atom is -0.337 e. The van der Waals surface area contributed by atoms with E-state index in [-0.39, 0.29) is 23.8 Å². The van der Waals surface area contributed by atoms with E-state index in [0.717, 1.165) is 15.8 Å². The van der Waals surface area contributed by atoms with Gasteiger partial charge in [0.15, 0.2) is 0 Å². The molecular formula is C24H24BrN5O3S. The van der Waals surface area contributed by atoms with Crippen LogP contribution in [-0.4, -0.2) is 79.1 Å². The van der Waals surface area contributed by atoms with Crippen molar-refractivity contribution < 1.29 is 14.4 Å². The van der Waals surface area contributed by atoms with Crippen molar-refractivity contribution in [1.82, 2.24) is 24.1 Å². The Kier molecular flexibility index (Phi) is 6.35. The molecule has 10 heteroatoms. The summed E-state index contributed by atoms with van der Waals surface area (Å²) < 4.78 is 2.61. The SMILES string of the molecule is CC(=O)N1CSC[C@H]1C(=O)N1CCN(C(=O)c2ccc3ncc(Br)n3c2)C(c2ccccc2)C1. The minimum atomic E-state index is -0.442. The molecule has 0 N–H and O–H groups in total. The number of benzene rings is 1. The van der Waals surface area contributed by atoms with Crippen LogP contribution in [0.2, 0.25) is 0 Å². The van der Waals surface area contributed by atoms with E-state index in [4.69, 9.17) is 0 Å². The highest BCUT2D eigenvalue weighted by Gasteiger charge is 2.40. The zero-order valence-corrected chi connectivity index (χ0v) is 21.0. The number of imidazole rings is 1. The first-order chi connectivity index (χ1) is 16.4. The largest absolute Gasteiger partial charge is 0.337 e. The topological polar surface area (TPSA) is 78.2 Å². The van der Waals surface area contributed by atoms with Gasteiger partial charge < -0.3 is 14.7 Å². The van der Waals surface area contributed by atoms with E-state index in [1.807, 2.05) is 50.6 Å². The van der Waals surface area contributed by atoms with Gasteiger partial charge in [0.25, 0.3) is 5.91 Å². The van der Waals surface area contributed by atoms with Crippen LogP contribution in [0.1, 0.15) is 28.9 Å². The maximum Gasteiger partial charge on any atom is 0.255 e. The number of pyridine rings is 1. The Morgan fingerprint density at radius 2 is 1.85 bits per heavy atom. The third-order valence-electron chi connectivity index (χ3n) is 6.42. The molecule has 2 aromatic heterocycles. The molecule has 8 nitrogen and oxygen atoms in total. The van der Waals surface area contributed by atoms with Crippen molar-refractivity contribution in [2.75, 3.05) is 31.3 Å². The highest BCUT2D eigenvalue weighted by Crippen LogP contribution is 2.30. The second-order valence-corrected chi connectivity index (χ2v) is 10.3. The summed E-state index contributed by atoms with van der Waals surface area (Å²) in [6.07, 6.45) is 3.49. The first-order valence-electron chi connectivity index (χ1n) is 11.1. The average molecular weight is 542 g/mol. The third-order valence-corrected chi connectivity index (χ3v) is 8.02. The van der Waals surface area contributed by atoms with Gasteiger partial charge in [0.05, 0.1) is 23.7 Å². The molecule has 0 aliphatic carbocycles. The summed E-state index contributed by atoms with van der Waals surface area (Å²) in [5.74, 6) is 0.923. The Morgan fingerprint density at radius 1 is 1.06 bits per heavy atom. The van der Waals surface area contributed by atoms with Gasteiger partial charge in [-0.25, -0.2) is 4.98 Å². The summed E-state index contributed by atoms with van der Waals surface area (Å²) in [5, 5.41) is 0. The van der Waals surface area contributed by atoms with Crippen molar-refractivity contribution in [3.8, 4) is 0 Å². The molecule has 2 aliphatic rings. The lowest BCUT2D eigenvalue weighted by molar-refractivity contribution is -0.144. The number of carbonyl (C=O) groups excluding carboxylic acids is 3. The maximum absolute atomic E-state index is 13.7. The van der Waals surface area contributed by atoms with Crippen LogP contribution in [0.3, 0.4) is 0 Å². The molecule has 1 unspecified atom stereocenters. The van der Waals surface area contributed by atoms with Gasteiger partial charge in [-0.05, 0) is 33.6 Å². The molecule has 2 fully saturated rings. The summed E-state index contributed by atoms with van der Waals surface area (Å²) in [7, 11) is 0. The molecule has 0 bridgehead atoms. The standard InChI is InChI=1S/C24H24BrN5O3S/c1-16(31)30-15-34-14-20(30)24(33)27-9-10-28(19(13-27)17-5-3-2-4-6-17)23(32)18-7-8-22-26-11-21(25)29(22)12-18/h2-8,11-12,19-20H,9-10,13-15H2,1H3/t19?,20-/m0/s1. The predicted molar refractivity (Wildman–Crippen MR) is 133 cm³/mol. The molecule has 176 valence electrons. The van der Waals surface area contributed by atoms with Gasteiger partial charge in [0.1, 0.15) is 16.3 Å². The van der Waals surface area contributed by atoms with Gasteiger partial charge in [0.2, 0.25) is 11.8 Å². The fourth-order valence-corrected chi connectivity index (χ4v) is 6.19. The van der Waals surface area contributed by atoms with Crippen molar-refractivity contribution in [3.05, 3.63) is 70.6 Å². The fourth-order valence-electron chi connectivity index (χ4n) is 4.60. The Labute approximate surface area is 210 Å². The average Bonchev–Trinajstić information content (AvgIpc) is 3.50. The van der Waals surface area contributed by atoms with Crippen molar-refractivity contribution in [2.45, 2.75) is 19.0 Å². The van der Waals surface area contributed by atoms with Crippen LogP contribution < -0.4 is 0 Å². The normalized spacial score (nSPS) is 20.7. The van der Waals surface area contributed by atoms with Crippen LogP contribution in [0.5, 0.6) is 0 Å². The summed E-state index contributed by atoms with van der Waals surface area (Å²) in [4.78, 5) is 48.6. The van der Waals surface area contributed by atoms with E-state index in [0.29, 0.717) is 36.8 Å². The van der Waals surface area contributed by atoms with Crippen molar-refractivity contribution >= 4 is 51.1 Å². The summed E-state index contributed by atoms with van der Waals surface area (Å²) in [6.45, 7) is 2.73. The number of amides is 3. The number of hydrogen-bond donors (Lipinski definition) is 0. The fraction of sp³-hybridized carbons (Fsp3) is 0.333. The number of halogens is 1. The monoisotopic (exact) mass is 541 g/mol. The summed E-state index contributed by atoms with van der Waals surface area (Å²) in [5.41, 5.74) is 2.28. The molecule has 2 aliphatic heterocycles. The number of thioether (sulfide) groups is 1. The van der Waals surface area contributed by atoms with E-state index in [1.54, 1.807) is 35.1 Å². The third kappa shape index (κ3) is 4.20. The van der Waals surface area contributed by atoms with Gasteiger partial charge in [-0.15, -0.1) is 11.8 Å². The van der Waals surface area contributed by atoms with Crippen molar-refractivity contribution in [3.63, 3.8) is 0 Å². The molecule has 3 amide bonds. The van der Waals surface area contributed by atoms with Gasteiger partial charge >= 0.3 is 0 Å². The van der Waals surface area contributed by atoms with Crippen LogP contribution in [0.25, 0.3) is 5.65 Å². The number of piperazine rings is 1. The Balaban J connectivity index is 1.43. The van der Waals surface area contributed by atoms with E-state index in [9.17, 15) is 14.4 Å². The van der Waals surface area contributed by atoms with Crippen molar-refractivity contribution in [1.29, 1.82) is 0 Å². The molecule has 0 saturated carbocycles. The lowest BCUT2D eigenvalue weighted by Gasteiger charge is -2.43. The molecule has 2 atom stereocenters. The lowest BCUT2D eigenvalue weighted by Crippen LogP contribution is -2.56. The summed E-state index contributed by atoms with van der Waals surface area (Å²) >= 11 is 5.06. The minimum absolute atomic E-state index is 0.0444. The van der Waals surface area contributed by atoms with Gasteiger partial charge in [0, 0.05) is 38.5 Å². The van der Waals surface area contributed by atoms with Crippen LogP contribution in [0.4, 0.5) is 0 Å². The van der Waals surface area contributed by atoms with Crippen LogP contribution in [-0.2, 0) is 9.59 Å². The summed E-state index contributed by atoms with van der Waals surface area (Å²) in [6, 6.07) is 12.7. The Morgan fingerprint density at radius 3 is 2.62 bits per heavy atom. The molecule has 2 saturated heterocycles. The number of nitrogens with zero attached hydrogens (tertiary/aromatic N) is 5. The first-order valence-corrected chi connectivity index (χ1v) is 13.0. The first kappa shape index (κ1) is 22.9. The van der Waals surface area contributed by atoms with E-state index in [1.165, 1.54) is 6.92 Å². The number of rotatable bonds is 3. The van der Waals surface area contributed by atoms with E-state index < -0.39 is 6.04 Å². The van der Waals surface area contributed by atoms with Crippen LogP contribution in [0.15, 0.2) is 59.5 Å². The molecular weight excluding hydrogens is 518 g/mol. The maximum atomic E-state index is 13.7. The highest BCUT2D eigenvalue weighted by atomic mass is 79.9. The Hall–Kier alpha value is -2.85. The molecule has 3 aromatic rings. The molecule has 0 radical (unpaired) electrons. The number of carbonyl (C=O) groups is 3. The number of hydrogen-bond acceptors (Lipinski definition) is 5. The molecule has 1 aromatic carbocycles. The number of fused-ring (bicyclic) bond motifs is 1. The zero-order valence-electron chi connectivity index (χ0n) is 18.6. The van der Waals surface area contributed by atoms with Gasteiger partial charge in [-0.3, -0.25) is 18.8 Å². The van der Waals surface area contributed by atoms with Crippen molar-refractivity contribution in [2.24, 2.45) is 0 Å². The van der Waals surface area contributed by atoms with E-state index >= 15 is 0 Å². The molecule has 0 spiro atoms. The van der Waals surface area contributed by atoms with Gasteiger partial charge in [-0.2, -0.15) is 0 Å². The Bertz CT molecular complexity index is 1250. The predicted octanol–water partition coefficient (Wildman–Crippen LogP) is 3.04. The molecule has 4 heterocycles. The number of aromatic nitrogens is 2. The second-order valence-electron chi connectivity index (χ2n) is 8.44. The highest BCUT2D eigenvalue weighted by molar-refractivity contribution is 9.10. The quantitative estimate of drug-likeness (QED) is 0.509. The van der Waals surface area contributed by atoms with E-state index in [2.05, 4.69) is 20.9 Å². The second kappa shape index (κ2) is 9.42. The smallest absolute Gasteiger partial charge is 0.255 e. The van der Waals surface area contributed by atoms with Crippen LogP contribution in [0, 0.1) is 0 Å². The lowest BCUT2D eigenvalue weighted by atomic mass is 10.0. The van der Waals surface area contributed by atoms with Crippen LogP contribution >= 0.6 is 27.7 Å². The molecule has 5 rings (SSSR count). The zero-order chi connectivity index (χ0) is 23.8.